The molecule has 0 bridgehead atoms. The number of aromatic nitrogens is 2. The lowest BCUT2D eigenvalue weighted by Crippen LogP contribution is -2.18. The van der Waals surface area contributed by atoms with E-state index in [2.05, 4.69) is 53.7 Å². The van der Waals surface area contributed by atoms with Gasteiger partial charge >= 0.3 is 0 Å². The molecule has 1 aromatic heterocycles. The molecular formula is C22H24N4O2. The van der Waals surface area contributed by atoms with Crippen LogP contribution in [0.25, 0.3) is 22.8 Å². The van der Waals surface area contributed by atoms with Gasteiger partial charge in [0.15, 0.2) is 0 Å². The van der Waals surface area contributed by atoms with E-state index in [-0.39, 0.29) is 5.91 Å². The van der Waals surface area contributed by atoms with E-state index in [1.165, 1.54) is 0 Å². The van der Waals surface area contributed by atoms with Gasteiger partial charge in [0, 0.05) is 35.5 Å². The Balaban J connectivity index is 1.56. The molecule has 1 aliphatic rings. The zero-order chi connectivity index (χ0) is 19.7. The average molecular weight is 376 g/mol. The minimum atomic E-state index is 0.0591. The first-order chi connectivity index (χ1) is 13.5. The Bertz CT molecular complexity index is 1020. The molecule has 0 atom stereocenters. The maximum atomic E-state index is 11.5. The average Bonchev–Trinajstić information content (AvgIpc) is 3.16. The maximum absolute atomic E-state index is 11.5. The van der Waals surface area contributed by atoms with Crippen LogP contribution in [0.5, 0.6) is 0 Å². The van der Waals surface area contributed by atoms with Crippen molar-refractivity contribution < 1.29 is 9.32 Å². The van der Waals surface area contributed by atoms with Crippen molar-refractivity contribution in [3.63, 3.8) is 0 Å². The number of fused-ring (bicyclic) bond motifs is 1. The van der Waals surface area contributed by atoms with E-state index in [1.54, 1.807) is 0 Å². The molecule has 0 unspecified atom stereocenters. The molecule has 28 heavy (non-hydrogen) atoms. The molecule has 0 aliphatic carbocycles. The fraction of sp³-hybridized carbons (Fsp3) is 0.318. The first-order valence-corrected chi connectivity index (χ1v) is 9.61. The number of benzene rings is 2. The Labute approximate surface area is 164 Å². The highest BCUT2D eigenvalue weighted by atomic mass is 16.5. The summed E-state index contributed by atoms with van der Waals surface area (Å²) < 4.78 is 5.51. The second-order valence-electron chi connectivity index (χ2n) is 7.65. The third kappa shape index (κ3) is 3.76. The van der Waals surface area contributed by atoms with E-state index < -0.39 is 0 Å². The number of anilines is 2. The normalized spacial score (nSPS) is 13.4. The molecule has 0 saturated carbocycles. The molecule has 3 aromatic rings. The number of hydrogen-bond donors (Lipinski definition) is 2. The molecule has 1 aliphatic heterocycles. The zero-order valence-corrected chi connectivity index (χ0v) is 16.4. The highest BCUT2D eigenvalue weighted by Gasteiger charge is 2.17. The molecule has 2 heterocycles. The van der Waals surface area contributed by atoms with Crippen LogP contribution in [0.2, 0.25) is 0 Å². The second-order valence-corrected chi connectivity index (χ2v) is 7.65. The lowest BCUT2D eigenvalue weighted by Gasteiger charge is -2.16. The van der Waals surface area contributed by atoms with Crippen LogP contribution < -0.4 is 10.6 Å². The highest BCUT2D eigenvalue weighted by Crippen LogP contribution is 2.29. The molecule has 0 radical (unpaired) electrons. The van der Waals surface area contributed by atoms with Crippen LogP contribution in [0.1, 0.15) is 31.4 Å². The van der Waals surface area contributed by atoms with E-state index in [0.717, 1.165) is 46.6 Å². The molecule has 144 valence electrons. The lowest BCUT2D eigenvalue weighted by atomic mass is 10.0. The Morgan fingerprint density at radius 2 is 1.96 bits per heavy atom. The van der Waals surface area contributed by atoms with Crippen LogP contribution >= 0.6 is 0 Å². The number of hydrogen-bond acceptors (Lipinski definition) is 5. The molecular weight excluding hydrogens is 352 g/mol. The second kappa shape index (κ2) is 7.46. The fourth-order valence-corrected chi connectivity index (χ4v) is 3.29. The first-order valence-electron chi connectivity index (χ1n) is 9.61. The maximum Gasteiger partial charge on any atom is 0.258 e. The Kier molecular flexibility index (Phi) is 4.86. The predicted octanol–water partition coefficient (Wildman–Crippen LogP) is 4.66. The molecule has 6 heteroatoms. The summed E-state index contributed by atoms with van der Waals surface area (Å²) in [6.07, 6.45) is 1.23. The van der Waals surface area contributed by atoms with Crippen molar-refractivity contribution in [2.45, 2.75) is 33.6 Å². The summed E-state index contributed by atoms with van der Waals surface area (Å²) in [7, 11) is 0. The van der Waals surface area contributed by atoms with E-state index in [1.807, 2.05) is 24.3 Å². The Morgan fingerprint density at radius 3 is 2.75 bits per heavy atom. The third-order valence-electron chi connectivity index (χ3n) is 4.86. The molecule has 0 spiro atoms. The summed E-state index contributed by atoms with van der Waals surface area (Å²) in [5.74, 6) is 1.69. The quantitative estimate of drug-likeness (QED) is 0.677. The molecule has 1 amide bonds. The van der Waals surface area contributed by atoms with Crippen LogP contribution in [-0.4, -0.2) is 22.6 Å². The molecule has 6 nitrogen and oxygen atoms in total. The standard InChI is InChI=1S/C22H24N4O2/c1-13(2)12-23-18-7-5-17(10-14(18)3)22-25-21(26-28-22)16-4-8-19-15(11-16)6-9-20(27)24-19/h4-5,7-8,10-11,13,23H,6,9,12H2,1-3H3,(H,24,27). The SMILES string of the molecule is Cc1cc(-c2nc(-c3ccc4c(c3)CCC(=O)N4)no2)ccc1NCC(C)C. The number of carbonyl (C=O) groups excluding carboxylic acids is 1. The minimum Gasteiger partial charge on any atom is -0.385 e. The van der Waals surface area contributed by atoms with E-state index >= 15 is 0 Å². The number of carbonyl (C=O) groups is 1. The van der Waals surface area contributed by atoms with Crippen molar-refractivity contribution in [3.05, 3.63) is 47.5 Å². The summed E-state index contributed by atoms with van der Waals surface area (Å²) in [5.41, 5.74) is 6.01. The van der Waals surface area contributed by atoms with Gasteiger partial charge in [-0.2, -0.15) is 4.98 Å². The van der Waals surface area contributed by atoms with Crippen molar-refractivity contribution in [2.75, 3.05) is 17.2 Å². The summed E-state index contributed by atoms with van der Waals surface area (Å²) in [6.45, 7) is 7.38. The highest BCUT2D eigenvalue weighted by molar-refractivity contribution is 5.94. The van der Waals surface area contributed by atoms with Gasteiger partial charge in [0.05, 0.1) is 0 Å². The largest absolute Gasteiger partial charge is 0.385 e. The van der Waals surface area contributed by atoms with Crippen molar-refractivity contribution in [2.24, 2.45) is 5.92 Å². The molecule has 2 aromatic carbocycles. The Hall–Kier alpha value is -3.15. The Morgan fingerprint density at radius 1 is 1.14 bits per heavy atom. The van der Waals surface area contributed by atoms with E-state index in [9.17, 15) is 4.79 Å². The number of rotatable bonds is 5. The van der Waals surface area contributed by atoms with Gasteiger partial charge < -0.3 is 15.2 Å². The summed E-state index contributed by atoms with van der Waals surface area (Å²) in [6, 6.07) is 11.9. The summed E-state index contributed by atoms with van der Waals surface area (Å²) >= 11 is 0. The van der Waals surface area contributed by atoms with Gasteiger partial charge in [-0.1, -0.05) is 19.0 Å². The monoisotopic (exact) mass is 376 g/mol. The molecule has 4 rings (SSSR count). The molecule has 0 saturated heterocycles. The van der Waals surface area contributed by atoms with Gasteiger partial charge in [-0.05, 0) is 66.8 Å². The predicted molar refractivity (Wildman–Crippen MR) is 110 cm³/mol. The van der Waals surface area contributed by atoms with Crippen molar-refractivity contribution in [3.8, 4) is 22.8 Å². The fourth-order valence-electron chi connectivity index (χ4n) is 3.29. The number of amides is 1. The summed E-state index contributed by atoms with van der Waals surface area (Å²) in [4.78, 5) is 16.1. The van der Waals surface area contributed by atoms with Gasteiger partial charge in [0.2, 0.25) is 11.7 Å². The van der Waals surface area contributed by atoms with Crippen molar-refractivity contribution in [1.29, 1.82) is 0 Å². The van der Waals surface area contributed by atoms with Gasteiger partial charge in [0.25, 0.3) is 5.89 Å². The van der Waals surface area contributed by atoms with Gasteiger partial charge in [-0.15, -0.1) is 0 Å². The lowest BCUT2D eigenvalue weighted by molar-refractivity contribution is -0.116. The topological polar surface area (TPSA) is 80.1 Å². The van der Waals surface area contributed by atoms with Crippen LogP contribution in [0.3, 0.4) is 0 Å². The van der Waals surface area contributed by atoms with Gasteiger partial charge in [0.1, 0.15) is 0 Å². The van der Waals surface area contributed by atoms with Crippen molar-refractivity contribution in [1.82, 2.24) is 10.1 Å². The van der Waals surface area contributed by atoms with Crippen LogP contribution in [-0.2, 0) is 11.2 Å². The van der Waals surface area contributed by atoms with Gasteiger partial charge in [-0.25, -0.2) is 0 Å². The minimum absolute atomic E-state index is 0.0591. The van der Waals surface area contributed by atoms with E-state index in [4.69, 9.17) is 4.52 Å². The zero-order valence-electron chi connectivity index (χ0n) is 16.4. The number of nitrogens with zero attached hydrogens (tertiary/aromatic N) is 2. The molecule has 2 N–H and O–H groups in total. The van der Waals surface area contributed by atoms with Crippen LogP contribution in [0, 0.1) is 12.8 Å². The van der Waals surface area contributed by atoms with E-state index in [0.29, 0.717) is 24.1 Å². The van der Waals surface area contributed by atoms with Gasteiger partial charge in [-0.3, -0.25) is 4.79 Å². The van der Waals surface area contributed by atoms with Crippen LogP contribution in [0.4, 0.5) is 11.4 Å². The number of aryl methyl sites for hydroxylation is 2. The van der Waals surface area contributed by atoms with Crippen LogP contribution in [0.15, 0.2) is 40.9 Å². The third-order valence-corrected chi connectivity index (χ3v) is 4.86. The summed E-state index contributed by atoms with van der Waals surface area (Å²) in [5, 5.41) is 10.5. The van der Waals surface area contributed by atoms with Crippen molar-refractivity contribution >= 4 is 17.3 Å². The smallest absolute Gasteiger partial charge is 0.258 e. The first kappa shape index (κ1) is 18.2. The molecule has 0 fully saturated rings. The number of nitrogens with one attached hydrogen (secondary N) is 2.